The van der Waals surface area contributed by atoms with Crippen LogP contribution in [0.1, 0.15) is 37.3 Å². The summed E-state index contributed by atoms with van der Waals surface area (Å²) >= 11 is 0. The molecule has 2 aromatic rings. The van der Waals surface area contributed by atoms with E-state index in [-0.39, 0.29) is 11.9 Å². The van der Waals surface area contributed by atoms with Crippen LogP contribution in [-0.2, 0) is 11.3 Å². The van der Waals surface area contributed by atoms with E-state index in [0.717, 1.165) is 35.4 Å². The van der Waals surface area contributed by atoms with E-state index in [2.05, 4.69) is 10.6 Å². The van der Waals surface area contributed by atoms with Crippen molar-refractivity contribution >= 4 is 17.6 Å². The Hall–Kier alpha value is -3.02. The average molecular weight is 410 g/mol. The number of urea groups is 1. The van der Waals surface area contributed by atoms with Crippen LogP contribution < -0.4 is 15.4 Å². The monoisotopic (exact) mass is 409 g/mol. The van der Waals surface area contributed by atoms with Gasteiger partial charge in [0.25, 0.3) is 0 Å². The van der Waals surface area contributed by atoms with Crippen LogP contribution in [0.25, 0.3) is 0 Å². The van der Waals surface area contributed by atoms with Crippen molar-refractivity contribution in [3.63, 3.8) is 0 Å². The number of piperidine rings is 1. The number of anilines is 1. The van der Waals surface area contributed by atoms with Crippen LogP contribution in [0, 0.1) is 12.8 Å². The lowest BCUT2D eigenvalue weighted by Gasteiger charge is -2.31. The third kappa shape index (κ3) is 6.51. The van der Waals surface area contributed by atoms with Crippen LogP contribution >= 0.6 is 0 Å². The van der Waals surface area contributed by atoms with E-state index < -0.39 is 0 Å². The lowest BCUT2D eigenvalue weighted by atomic mass is 9.93. The normalized spacial score (nSPS) is 14.3. The van der Waals surface area contributed by atoms with E-state index in [1.165, 1.54) is 0 Å². The number of amides is 3. The Bertz CT molecular complexity index is 826. The Balaban J connectivity index is 1.36. The van der Waals surface area contributed by atoms with Crippen molar-refractivity contribution in [2.24, 2.45) is 5.92 Å². The number of nitrogens with zero attached hydrogens (tertiary/aromatic N) is 1. The average Bonchev–Trinajstić information content (AvgIpc) is 2.75. The second-order valence-corrected chi connectivity index (χ2v) is 7.78. The van der Waals surface area contributed by atoms with Crippen molar-refractivity contribution in [1.82, 2.24) is 10.2 Å². The topological polar surface area (TPSA) is 70.7 Å². The summed E-state index contributed by atoms with van der Waals surface area (Å²) < 4.78 is 5.43. The standard InChI is InChI=1S/C24H31N3O3/c1-3-30-22-10-6-20(7-11-22)17-25-23(28)16-19-12-14-27(15-13-19)24(29)26-21-8-4-18(2)5-9-21/h4-11,19H,3,12-17H2,1-2H3,(H,25,28)(H,26,29). The molecule has 1 aliphatic heterocycles. The van der Waals surface area contributed by atoms with Gasteiger partial charge in [-0.05, 0) is 62.4 Å². The fourth-order valence-corrected chi connectivity index (χ4v) is 3.58. The smallest absolute Gasteiger partial charge is 0.321 e. The lowest BCUT2D eigenvalue weighted by Crippen LogP contribution is -2.41. The van der Waals surface area contributed by atoms with E-state index in [4.69, 9.17) is 4.74 Å². The van der Waals surface area contributed by atoms with Gasteiger partial charge < -0.3 is 20.3 Å². The number of aryl methyl sites for hydroxylation is 1. The minimum absolute atomic E-state index is 0.0615. The number of rotatable bonds is 7. The van der Waals surface area contributed by atoms with Gasteiger partial charge in [-0.25, -0.2) is 4.79 Å². The highest BCUT2D eigenvalue weighted by atomic mass is 16.5. The van der Waals surface area contributed by atoms with Crippen LogP contribution in [0.2, 0.25) is 0 Å². The van der Waals surface area contributed by atoms with Crippen LogP contribution in [0.3, 0.4) is 0 Å². The fraction of sp³-hybridized carbons (Fsp3) is 0.417. The van der Waals surface area contributed by atoms with Gasteiger partial charge in [0, 0.05) is 31.7 Å². The zero-order valence-electron chi connectivity index (χ0n) is 17.8. The summed E-state index contributed by atoms with van der Waals surface area (Å²) in [6.07, 6.45) is 2.19. The predicted molar refractivity (Wildman–Crippen MR) is 119 cm³/mol. The van der Waals surface area contributed by atoms with Crippen LogP contribution in [-0.4, -0.2) is 36.5 Å². The molecule has 2 aromatic carbocycles. The molecule has 1 fully saturated rings. The van der Waals surface area contributed by atoms with Crippen molar-refractivity contribution in [2.75, 3.05) is 25.0 Å². The maximum absolute atomic E-state index is 12.4. The molecule has 0 spiro atoms. The number of likely N-dealkylation sites (tertiary alicyclic amines) is 1. The summed E-state index contributed by atoms with van der Waals surface area (Å²) in [6, 6.07) is 15.5. The summed E-state index contributed by atoms with van der Waals surface area (Å²) in [5, 5.41) is 5.94. The molecular formula is C24H31N3O3. The van der Waals surface area contributed by atoms with Crippen molar-refractivity contribution in [2.45, 2.75) is 39.7 Å². The van der Waals surface area contributed by atoms with E-state index in [0.29, 0.717) is 38.6 Å². The summed E-state index contributed by atoms with van der Waals surface area (Å²) in [4.78, 5) is 26.6. The first-order valence-electron chi connectivity index (χ1n) is 10.6. The highest BCUT2D eigenvalue weighted by Gasteiger charge is 2.24. The number of carbonyl (C=O) groups is 2. The fourth-order valence-electron chi connectivity index (χ4n) is 3.58. The number of benzene rings is 2. The molecule has 30 heavy (non-hydrogen) atoms. The van der Waals surface area contributed by atoms with Gasteiger partial charge in [0.1, 0.15) is 5.75 Å². The van der Waals surface area contributed by atoms with Gasteiger partial charge in [0.2, 0.25) is 5.91 Å². The highest BCUT2D eigenvalue weighted by Crippen LogP contribution is 2.21. The van der Waals surface area contributed by atoms with Gasteiger partial charge in [-0.2, -0.15) is 0 Å². The second-order valence-electron chi connectivity index (χ2n) is 7.78. The van der Waals surface area contributed by atoms with Gasteiger partial charge in [-0.15, -0.1) is 0 Å². The zero-order valence-corrected chi connectivity index (χ0v) is 17.8. The number of hydrogen-bond acceptors (Lipinski definition) is 3. The molecule has 1 aliphatic rings. The molecule has 0 unspecified atom stereocenters. The Kier molecular flexibility index (Phi) is 7.71. The summed E-state index contributed by atoms with van der Waals surface area (Å²) in [7, 11) is 0. The molecule has 0 atom stereocenters. The molecular weight excluding hydrogens is 378 g/mol. The minimum Gasteiger partial charge on any atom is -0.494 e. The van der Waals surface area contributed by atoms with Crippen LogP contribution in [0.4, 0.5) is 10.5 Å². The lowest BCUT2D eigenvalue weighted by molar-refractivity contribution is -0.122. The molecule has 3 amide bonds. The molecule has 0 bridgehead atoms. The minimum atomic E-state index is -0.0720. The third-order valence-electron chi connectivity index (χ3n) is 5.40. The third-order valence-corrected chi connectivity index (χ3v) is 5.40. The van der Waals surface area contributed by atoms with Crippen molar-refractivity contribution in [1.29, 1.82) is 0 Å². The molecule has 1 heterocycles. The molecule has 1 saturated heterocycles. The van der Waals surface area contributed by atoms with E-state index >= 15 is 0 Å². The van der Waals surface area contributed by atoms with E-state index in [9.17, 15) is 9.59 Å². The van der Waals surface area contributed by atoms with Crippen molar-refractivity contribution in [3.05, 3.63) is 59.7 Å². The first-order chi connectivity index (χ1) is 14.5. The van der Waals surface area contributed by atoms with E-state index in [1.54, 1.807) is 0 Å². The quantitative estimate of drug-likeness (QED) is 0.714. The summed E-state index contributed by atoms with van der Waals surface area (Å²) in [5.41, 5.74) is 3.02. The van der Waals surface area contributed by atoms with Crippen molar-refractivity contribution in [3.8, 4) is 5.75 Å². The molecule has 6 heteroatoms. The maximum atomic E-state index is 12.4. The number of hydrogen-bond donors (Lipinski definition) is 2. The molecule has 3 rings (SSSR count). The Morgan fingerprint density at radius 3 is 2.33 bits per heavy atom. The number of ether oxygens (including phenoxy) is 1. The number of nitrogens with one attached hydrogen (secondary N) is 2. The largest absolute Gasteiger partial charge is 0.494 e. The second kappa shape index (κ2) is 10.7. The van der Waals surface area contributed by atoms with Crippen LogP contribution in [0.5, 0.6) is 5.75 Å². The molecule has 160 valence electrons. The molecule has 0 saturated carbocycles. The molecule has 0 radical (unpaired) electrons. The van der Waals surface area contributed by atoms with Crippen molar-refractivity contribution < 1.29 is 14.3 Å². The molecule has 0 aliphatic carbocycles. The van der Waals surface area contributed by atoms with Gasteiger partial charge >= 0.3 is 6.03 Å². The Morgan fingerprint density at radius 2 is 1.70 bits per heavy atom. The SMILES string of the molecule is CCOc1ccc(CNC(=O)CC2CCN(C(=O)Nc3ccc(C)cc3)CC2)cc1. The number of carbonyl (C=O) groups excluding carboxylic acids is 2. The van der Waals surface area contributed by atoms with E-state index in [1.807, 2.05) is 67.3 Å². The maximum Gasteiger partial charge on any atom is 0.321 e. The van der Waals surface area contributed by atoms with Gasteiger partial charge in [-0.1, -0.05) is 29.8 Å². The molecule has 2 N–H and O–H groups in total. The summed E-state index contributed by atoms with van der Waals surface area (Å²) in [6.45, 7) is 6.48. The predicted octanol–water partition coefficient (Wildman–Crippen LogP) is 4.34. The highest BCUT2D eigenvalue weighted by molar-refractivity contribution is 5.89. The molecule has 6 nitrogen and oxygen atoms in total. The van der Waals surface area contributed by atoms with Gasteiger partial charge in [0.05, 0.1) is 6.61 Å². The summed E-state index contributed by atoms with van der Waals surface area (Å²) in [5.74, 6) is 1.21. The van der Waals surface area contributed by atoms with Crippen LogP contribution in [0.15, 0.2) is 48.5 Å². The molecule has 0 aromatic heterocycles. The Labute approximate surface area is 178 Å². The zero-order chi connectivity index (χ0) is 21.3. The first kappa shape index (κ1) is 21.7. The first-order valence-corrected chi connectivity index (χ1v) is 10.6. The van der Waals surface area contributed by atoms with Gasteiger partial charge in [-0.3, -0.25) is 4.79 Å². The Morgan fingerprint density at radius 1 is 1.03 bits per heavy atom. The van der Waals surface area contributed by atoms with Gasteiger partial charge in [0.15, 0.2) is 0 Å².